The number of thiocarbonyl (C=S) groups is 1. The van der Waals surface area contributed by atoms with Crippen LogP contribution < -0.4 is 15.0 Å². The number of hydrogen-bond acceptors (Lipinski definition) is 5. The molecular weight excluding hydrogens is 380 g/mol. The number of anilines is 1. The predicted octanol–water partition coefficient (Wildman–Crippen LogP) is 3.61. The summed E-state index contributed by atoms with van der Waals surface area (Å²) in [5.74, 6) is 0.236. The molecule has 0 unspecified atom stereocenters. The second-order valence-corrected chi connectivity index (χ2v) is 7.99. The number of aryl methyl sites for hydroxylation is 1. The number of ether oxygens (including phenoxy) is 1. The SMILES string of the molecule is COc1ccc([C@H]2SC(=S)N(c3ccccc3C)C(=O)[C@H]2NC(C)=O)cc1. The first-order valence-electron chi connectivity index (χ1n) is 8.43. The Morgan fingerprint density at radius 1 is 1.19 bits per heavy atom. The zero-order chi connectivity index (χ0) is 19.6. The van der Waals surface area contributed by atoms with E-state index in [2.05, 4.69) is 5.32 Å². The van der Waals surface area contributed by atoms with Crippen LogP contribution in [0.25, 0.3) is 0 Å². The first-order valence-corrected chi connectivity index (χ1v) is 9.72. The second-order valence-electron chi connectivity index (χ2n) is 6.22. The molecular formula is C20H20N2O3S2. The lowest BCUT2D eigenvalue weighted by atomic mass is 10.0. The fourth-order valence-electron chi connectivity index (χ4n) is 3.03. The van der Waals surface area contributed by atoms with E-state index in [1.54, 1.807) is 7.11 Å². The van der Waals surface area contributed by atoms with Crippen LogP contribution in [-0.4, -0.2) is 29.3 Å². The summed E-state index contributed by atoms with van der Waals surface area (Å²) in [6, 6.07) is 14.3. The largest absolute Gasteiger partial charge is 0.497 e. The molecule has 27 heavy (non-hydrogen) atoms. The standard InChI is InChI=1S/C20H20N2O3S2/c1-12-6-4-5-7-16(12)22-19(24)17(21-13(2)23)18(27-20(22)26)14-8-10-15(25-3)11-9-14/h4-11,17-18H,1-3H3,(H,21,23)/t17-,18+/m0/s1. The number of carbonyl (C=O) groups excluding carboxylic acids is 2. The van der Waals surface area contributed by atoms with Crippen LogP contribution in [0.4, 0.5) is 5.69 Å². The summed E-state index contributed by atoms with van der Waals surface area (Å²) in [6.45, 7) is 3.34. The van der Waals surface area contributed by atoms with Gasteiger partial charge in [-0.15, -0.1) is 0 Å². The van der Waals surface area contributed by atoms with Crippen LogP contribution in [0.2, 0.25) is 0 Å². The predicted molar refractivity (Wildman–Crippen MR) is 112 cm³/mol. The van der Waals surface area contributed by atoms with E-state index in [9.17, 15) is 9.59 Å². The Bertz CT molecular complexity index is 883. The Hall–Kier alpha value is -2.38. The van der Waals surface area contributed by atoms with Crippen molar-refractivity contribution in [2.45, 2.75) is 25.1 Å². The number of nitrogens with one attached hydrogen (secondary N) is 1. The third-order valence-corrected chi connectivity index (χ3v) is 6.01. The molecule has 1 heterocycles. The first-order chi connectivity index (χ1) is 12.9. The molecule has 0 radical (unpaired) electrons. The van der Waals surface area contributed by atoms with E-state index < -0.39 is 6.04 Å². The average Bonchev–Trinajstić information content (AvgIpc) is 2.65. The van der Waals surface area contributed by atoms with Crippen LogP contribution in [-0.2, 0) is 9.59 Å². The highest BCUT2D eigenvalue weighted by Gasteiger charge is 2.42. The molecule has 5 nitrogen and oxygen atoms in total. The van der Waals surface area contributed by atoms with Gasteiger partial charge in [-0.3, -0.25) is 14.5 Å². The first kappa shape index (κ1) is 19.4. The van der Waals surface area contributed by atoms with Crippen LogP contribution in [0.5, 0.6) is 5.75 Å². The van der Waals surface area contributed by atoms with Gasteiger partial charge in [0.2, 0.25) is 5.91 Å². The molecule has 2 aromatic rings. The minimum Gasteiger partial charge on any atom is -0.497 e. The van der Waals surface area contributed by atoms with Crippen LogP contribution in [0.1, 0.15) is 23.3 Å². The van der Waals surface area contributed by atoms with Gasteiger partial charge in [0.25, 0.3) is 5.91 Å². The number of benzene rings is 2. The topological polar surface area (TPSA) is 58.6 Å². The van der Waals surface area contributed by atoms with Crippen molar-refractivity contribution in [3.05, 3.63) is 59.7 Å². The van der Waals surface area contributed by atoms with Gasteiger partial charge in [0.1, 0.15) is 16.1 Å². The fraction of sp³-hybridized carbons (Fsp3) is 0.250. The number of carbonyl (C=O) groups is 2. The Balaban J connectivity index is 1.99. The minimum atomic E-state index is -0.716. The molecule has 1 fully saturated rings. The van der Waals surface area contributed by atoms with E-state index in [1.807, 2.05) is 55.5 Å². The number of thioether (sulfide) groups is 1. The van der Waals surface area contributed by atoms with Gasteiger partial charge in [-0.1, -0.05) is 54.3 Å². The molecule has 2 amide bonds. The molecule has 0 bridgehead atoms. The number of para-hydroxylation sites is 1. The maximum absolute atomic E-state index is 13.3. The third-order valence-electron chi connectivity index (χ3n) is 4.36. The van der Waals surface area contributed by atoms with Crippen LogP contribution >= 0.6 is 24.0 Å². The maximum Gasteiger partial charge on any atom is 0.256 e. The summed E-state index contributed by atoms with van der Waals surface area (Å²) in [7, 11) is 1.60. The van der Waals surface area contributed by atoms with Gasteiger partial charge < -0.3 is 10.1 Å². The minimum absolute atomic E-state index is 0.232. The number of nitrogens with zero attached hydrogens (tertiary/aromatic N) is 1. The van der Waals surface area contributed by atoms with Crippen LogP contribution in [0.15, 0.2) is 48.5 Å². The molecule has 140 valence electrons. The summed E-state index contributed by atoms with van der Waals surface area (Å²) in [4.78, 5) is 26.6. The number of methoxy groups -OCH3 is 1. The van der Waals surface area contributed by atoms with Crippen LogP contribution in [0, 0.1) is 6.92 Å². The van der Waals surface area contributed by atoms with Gasteiger partial charge in [-0.05, 0) is 36.2 Å². The second kappa shape index (κ2) is 8.10. The van der Waals surface area contributed by atoms with Gasteiger partial charge in [0, 0.05) is 6.92 Å². The number of hydrogen-bond donors (Lipinski definition) is 1. The summed E-state index contributed by atoms with van der Waals surface area (Å²) in [5, 5.41) is 2.50. The molecule has 1 N–H and O–H groups in total. The van der Waals surface area contributed by atoms with Crippen LogP contribution in [0.3, 0.4) is 0 Å². The monoisotopic (exact) mass is 400 g/mol. The van der Waals surface area contributed by atoms with Gasteiger partial charge >= 0.3 is 0 Å². The lowest BCUT2D eigenvalue weighted by molar-refractivity contribution is -0.126. The van der Waals surface area contributed by atoms with Crippen molar-refractivity contribution in [3.8, 4) is 5.75 Å². The summed E-state index contributed by atoms with van der Waals surface area (Å²) >= 11 is 6.97. The van der Waals surface area contributed by atoms with E-state index in [0.29, 0.717) is 4.32 Å². The van der Waals surface area contributed by atoms with E-state index >= 15 is 0 Å². The van der Waals surface area contributed by atoms with Gasteiger partial charge in [-0.2, -0.15) is 0 Å². The molecule has 0 saturated carbocycles. The lowest BCUT2D eigenvalue weighted by Crippen LogP contribution is -2.55. The molecule has 7 heteroatoms. The Morgan fingerprint density at radius 2 is 1.85 bits per heavy atom. The van der Waals surface area contributed by atoms with Crippen molar-refractivity contribution in [2.24, 2.45) is 0 Å². The lowest BCUT2D eigenvalue weighted by Gasteiger charge is -2.38. The molecule has 1 saturated heterocycles. The molecule has 2 atom stereocenters. The summed E-state index contributed by atoms with van der Waals surface area (Å²) in [5.41, 5.74) is 2.58. The Labute approximate surface area is 168 Å². The van der Waals surface area contributed by atoms with Gasteiger partial charge in [0.15, 0.2) is 0 Å². The molecule has 3 rings (SSSR count). The normalized spacial score (nSPS) is 19.7. The Kier molecular flexibility index (Phi) is 5.82. The molecule has 0 aliphatic carbocycles. The van der Waals surface area contributed by atoms with Crippen molar-refractivity contribution >= 4 is 45.8 Å². The van der Waals surface area contributed by atoms with Crippen molar-refractivity contribution in [2.75, 3.05) is 12.0 Å². The highest BCUT2D eigenvalue weighted by atomic mass is 32.2. The van der Waals surface area contributed by atoms with Crippen molar-refractivity contribution in [1.29, 1.82) is 0 Å². The zero-order valence-electron chi connectivity index (χ0n) is 15.3. The van der Waals surface area contributed by atoms with Crippen molar-refractivity contribution in [3.63, 3.8) is 0 Å². The van der Waals surface area contributed by atoms with E-state index in [4.69, 9.17) is 17.0 Å². The molecule has 2 aromatic carbocycles. The zero-order valence-corrected chi connectivity index (χ0v) is 16.9. The molecule has 0 spiro atoms. The fourth-order valence-corrected chi connectivity index (χ4v) is 4.65. The maximum atomic E-state index is 13.3. The average molecular weight is 401 g/mol. The smallest absolute Gasteiger partial charge is 0.256 e. The van der Waals surface area contributed by atoms with Crippen molar-refractivity contribution < 1.29 is 14.3 Å². The van der Waals surface area contributed by atoms with E-state index in [1.165, 1.54) is 23.6 Å². The van der Waals surface area contributed by atoms with Gasteiger partial charge in [0.05, 0.1) is 18.0 Å². The molecule has 1 aliphatic heterocycles. The molecule has 0 aromatic heterocycles. The third kappa shape index (κ3) is 3.99. The molecule has 1 aliphatic rings. The quantitative estimate of drug-likeness (QED) is 0.795. The van der Waals surface area contributed by atoms with E-state index in [-0.39, 0.29) is 17.1 Å². The number of rotatable bonds is 4. The highest BCUT2D eigenvalue weighted by Crippen LogP contribution is 2.41. The summed E-state index contributed by atoms with van der Waals surface area (Å²) in [6.07, 6.45) is 0. The number of amides is 2. The van der Waals surface area contributed by atoms with Gasteiger partial charge in [-0.25, -0.2) is 0 Å². The highest BCUT2D eigenvalue weighted by molar-refractivity contribution is 8.23. The van der Waals surface area contributed by atoms with Crippen molar-refractivity contribution in [1.82, 2.24) is 5.32 Å². The summed E-state index contributed by atoms with van der Waals surface area (Å²) < 4.78 is 5.67. The van der Waals surface area contributed by atoms with E-state index in [0.717, 1.165) is 22.6 Å². The Morgan fingerprint density at radius 3 is 2.44 bits per heavy atom.